The average molecular weight is 246 g/mol. The zero-order valence-electron chi connectivity index (χ0n) is 10.6. The zero-order chi connectivity index (χ0) is 12.7. The van der Waals surface area contributed by atoms with E-state index in [0.717, 1.165) is 24.1 Å². The van der Waals surface area contributed by atoms with Gasteiger partial charge in [0, 0.05) is 19.2 Å². The highest BCUT2D eigenvalue weighted by molar-refractivity contribution is 5.74. The number of hydrogen-bond acceptors (Lipinski definition) is 3. The van der Waals surface area contributed by atoms with Crippen molar-refractivity contribution < 1.29 is 9.53 Å². The third-order valence-corrected chi connectivity index (χ3v) is 3.97. The fraction of sp³-hybridized carbons (Fsp3) is 0.500. The number of rotatable bonds is 0. The van der Waals surface area contributed by atoms with Crippen molar-refractivity contribution in [1.29, 1.82) is 0 Å². The van der Waals surface area contributed by atoms with Crippen LogP contribution >= 0.6 is 0 Å². The summed E-state index contributed by atoms with van der Waals surface area (Å²) in [4.78, 5) is 13.6. The van der Waals surface area contributed by atoms with E-state index in [4.69, 9.17) is 10.5 Å². The van der Waals surface area contributed by atoms with Crippen LogP contribution < -0.4 is 5.73 Å². The lowest BCUT2D eigenvalue weighted by molar-refractivity contribution is -0.145. The molecule has 3 rings (SSSR count). The van der Waals surface area contributed by atoms with Crippen molar-refractivity contribution >= 4 is 11.6 Å². The summed E-state index contributed by atoms with van der Waals surface area (Å²) in [6.07, 6.45) is 1.96. The first-order chi connectivity index (χ1) is 8.66. The van der Waals surface area contributed by atoms with Crippen LogP contribution in [-0.2, 0) is 16.0 Å². The first kappa shape index (κ1) is 11.5. The molecule has 4 nitrogen and oxygen atoms in total. The molecule has 0 spiro atoms. The SMILES string of the molecule is CC(=O)N1CCO[C@@H]2c3cc(N)ccc3CC[C@H]21. The van der Waals surface area contributed by atoms with Crippen LogP contribution in [0.5, 0.6) is 0 Å². The van der Waals surface area contributed by atoms with Crippen LogP contribution in [0, 0.1) is 0 Å². The highest BCUT2D eigenvalue weighted by Gasteiger charge is 2.38. The number of fused-ring (bicyclic) bond motifs is 3. The minimum absolute atomic E-state index is 0.00472. The van der Waals surface area contributed by atoms with E-state index >= 15 is 0 Å². The number of nitrogens with two attached hydrogens (primary N) is 1. The third-order valence-electron chi connectivity index (χ3n) is 3.97. The molecule has 1 aliphatic carbocycles. The van der Waals surface area contributed by atoms with Gasteiger partial charge in [-0.3, -0.25) is 4.79 Å². The van der Waals surface area contributed by atoms with E-state index in [1.54, 1.807) is 6.92 Å². The van der Waals surface area contributed by atoms with Crippen molar-refractivity contribution in [3.8, 4) is 0 Å². The predicted octanol–water partition coefficient (Wildman–Crippen LogP) is 1.50. The molecule has 0 unspecified atom stereocenters. The summed E-state index contributed by atoms with van der Waals surface area (Å²) in [6, 6.07) is 6.18. The highest BCUT2D eigenvalue weighted by atomic mass is 16.5. The molecule has 0 radical (unpaired) electrons. The summed E-state index contributed by atoms with van der Waals surface area (Å²) in [6.45, 7) is 2.94. The Morgan fingerprint density at radius 1 is 1.50 bits per heavy atom. The molecule has 0 bridgehead atoms. The largest absolute Gasteiger partial charge is 0.399 e. The lowest BCUT2D eigenvalue weighted by Gasteiger charge is -2.44. The van der Waals surface area contributed by atoms with Crippen molar-refractivity contribution in [3.63, 3.8) is 0 Å². The van der Waals surface area contributed by atoms with E-state index < -0.39 is 0 Å². The topological polar surface area (TPSA) is 55.6 Å². The fourth-order valence-electron chi connectivity index (χ4n) is 3.12. The Hall–Kier alpha value is -1.55. The van der Waals surface area contributed by atoms with Gasteiger partial charge in [0.15, 0.2) is 0 Å². The lowest BCUT2D eigenvalue weighted by atomic mass is 9.84. The van der Waals surface area contributed by atoms with Crippen LogP contribution in [-0.4, -0.2) is 30.0 Å². The number of benzene rings is 1. The molecule has 0 aromatic heterocycles. The zero-order valence-corrected chi connectivity index (χ0v) is 10.6. The Labute approximate surface area is 107 Å². The summed E-state index contributed by atoms with van der Waals surface area (Å²) < 4.78 is 5.89. The standard InChI is InChI=1S/C14H18N2O2/c1-9(17)16-6-7-18-14-12-8-11(15)4-2-10(12)3-5-13(14)16/h2,4,8,13-14H,3,5-7,15H2,1H3/t13-,14-/m1/s1. The number of hydrogen-bond donors (Lipinski definition) is 1. The molecule has 0 saturated carbocycles. The first-order valence-electron chi connectivity index (χ1n) is 6.44. The van der Waals surface area contributed by atoms with Gasteiger partial charge in [0.05, 0.1) is 12.6 Å². The highest BCUT2D eigenvalue weighted by Crippen LogP contribution is 2.38. The van der Waals surface area contributed by atoms with Crippen LogP contribution in [0.15, 0.2) is 18.2 Å². The van der Waals surface area contributed by atoms with E-state index in [-0.39, 0.29) is 18.1 Å². The molecule has 2 atom stereocenters. The van der Waals surface area contributed by atoms with E-state index in [2.05, 4.69) is 6.07 Å². The Morgan fingerprint density at radius 3 is 3.11 bits per heavy atom. The van der Waals surface area contributed by atoms with Gasteiger partial charge in [0.2, 0.25) is 5.91 Å². The molecule has 1 aromatic carbocycles. The third kappa shape index (κ3) is 1.77. The quantitative estimate of drug-likeness (QED) is 0.706. The average Bonchev–Trinajstić information content (AvgIpc) is 2.37. The molecule has 1 aromatic rings. The Morgan fingerprint density at radius 2 is 2.33 bits per heavy atom. The van der Waals surface area contributed by atoms with Crippen molar-refractivity contribution in [2.45, 2.75) is 31.9 Å². The summed E-state index contributed by atoms with van der Waals surface area (Å²) in [5, 5.41) is 0. The van der Waals surface area contributed by atoms with Crippen LogP contribution in [0.2, 0.25) is 0 Å². The van der Waals surface area contributed by atoms with Gasteiger partial charge in [0.25, 0.3) is 0 Å². The lowest BCUT2D eigenvalue weighted by Crippen LogP contribution is -2.51. The number of morpholine rings is 1. The molecule has 96 valence electrons. The van der Waals surface area contributed by atoms with Crippen molar-refractivity contribution in [3.05, 3.63) is 29.3 Å². The maximum atomic E-state index is 11.7. The fourth-order valence-corrected chi connectivity index (χ4v) is 3.12. The number of anilines is 1. The predicted molar refractivity (Wildman–Crippen MR) is 69.0 cm³/mol. The molecule has 1 heterocycles. The molecule has 1 saturated heterocycles. The molecule has 4 heteroatoms. The number of amides is 1. The van der Waals surface area contributed by atoms with E-state index in [9.17, 15) is 4.79 Å². The number of nitrogens with zero attached hydrogens (tertiary/aromatic N) is 1. The Balaban J connectivity index is 1.98. The maximum Gasteiger partial charge on any atom is 0.219 e. The second kappa shape index (κ2) is 4.28. The summed E-state index contributed by atoms with van der Waals surface area (Å²) >= 11 is 0. The molecule has 2 aliphatic rings. The number of aryl methyl sites for hydroxylation is 1. The molecule has 18 heavy (non-hydrogen) atoms. The number of carbonyl (C=O) groups excluding carboxylic acids is 1. The van der Waals surface area contributed by atoms with Gasteiger partial charge in [0.1, 0.15) is 6.10 Å². The summed E-state index contributed by atoms with van der Waals surface area (Å²) in [7, 11) is 0. The van der Waals surface area contributed by atoms with Crippen molar-refractivity contribution in [2.24, 2.45) is 0 Å². The summed E-state index contributed by atoms with van der Waals surface area (Å²) in [5.41, 5.74) is 9.09. The van der Waals surface area contributed by atoms with Gasteiger partial charge < -0.3 is 15.4 Å². The molecule has 2 N–H and O–H groups in total. The molecule has 1 amide bonds. The Bertz CT molecular complexity index is 487. The summed E-state index contributed by atoms with van der Waals surface area (Å²) in [5.74, 6) is 0.139. The number of nitrogen functional groups attached to an aromatic ring is 1. The second-order valence-electron chi connectivity index (χ2n) is 5.07. The molecular formula is C14H18N2O2. The maximum absolute atomic E-state index is 11.7. The van der Waals surface area contributed by atoms with Crippen LogP contribution in [0.4, 0.5) is 5.69 Å². The van der Waals surface area contributed by atoms with Crippen LogP contribution in [0.3, 0.4) is 0 Å². The van der Waals surface area contributed by atoms with Crippen LogP contribution in [0.25, 0.3) is 0 Å². The molecular weight excluding hydrogens is 228 g/mol. The Kier molecular flexibility index (Phi) is 2.74. The molecule has 1 fully saturated rings. The van der Waals surface area contributed by atoms with Crippen LogP contribution in [0.1, 0.15) is 30.6 Å². The van der Waals surface area contributed by atoms with Gasteiger partial charge >= 0.3 is 0 Å². The smallest absolute Gasteiger partial charge is 0.219 e. The van der Waals surface area contributed by atoms with Gasteiger partial charge in [-0.1, -0.05) is 6.07 Å². The monoisotopic (exact) mass is 246 g/mol. The second-order valence-corrected chi connectivity index (χ2v) is 5.07. The van der Waals surface area contributed by atoms with Crippen molar-refractivity contribution in [2.75, 3.05) is 18.9 Å². The van der Waals surface area contributed by atoms with Gasteiger partial charge in [-0.15, -0.1) is 0 Å². The van der Waals surface area contributed by atoms with Gasteiger partial charge in [-0.05, 0) is 36.1 Å². The first-order valence-corrected chi connectivity index (χ1v) is 6.44. The van der Waals surface area contributed by atoms with Gasteiger partial charge in [-0.2, -0.15) is 0 Å². The normalized spacial score (nSPS) is 26.4. The van der Waals surface area contributed by atoms with E-state index in [1.807, 2.05) is 17.0 Å². The van der Waals surface area contributed by atoms with Gasteiger partial charge in [-0.25, -0.2) is 0 Å². The van der Waals surface area contributed by atoms with E-state index in [1.165, 1.54) is 5.56 Å². The van der Waals surface area contributed by atoms with Crippen molar-refractivity contribution in [1.82, 2.24) is 4.90 Å². The van der Waals surface area contributed by atoms with E-state index in [0.29, 0.717) is 13.2 Å². The minimum Gasteiger partial charge on any atom is -0.399 e. The number of carbonyl (C=O) groups is 1. The number of ether oxygens (including phenoxy) is 1. The molecule has 1 aliphatic heterocycles. The minimum atomic E-state index is -0.00472.